The molecule has 0 spiro atoms. The predicted octanol–water partition coefficient (Wildman–Crippen LogP) is 6.11. The van der Waals surface area contributed by atoms with Crippen molar-refractivity contribution < 1.29 is 29.3 Å². The minimum absolute atomic E-state index is 0.144. The molecule has 0 radical (unpaired) electrons. The molecule has 3 amide bonds. The summed E-state index contributed by atoms with van der Waals surface area (Å²) in [6.45, 7) is 8.40. The third kappa shape index (κ3) is 10.6. The summed E-state index contributed by atoms with van der Waals surface area (Å²) in [5.41, 5.74) is 0.478. The van der Waals surface area contributed by atoms with Crippen LogP contribution < -0.4 is 10.6 Å². The highest BCUT2D eigenvalue weighted by Gasteiger charge is 2.37. The number of amides is 3. The van der Waals surface area contributed by atoms with Gasteiger partial charge in [-0.15, -0.1) is 0 Å². The molecular weight excluding hydrogens is 546 g/mol. The summed E-state index contributed by atoms with van der Waals surface area (Å²) < 4.78 is 5.29. The van der Waals surface area contributed by atoms with Gasteiger partial charge in [0.2, 0.25) is 5.91 Å². The van der Waals surface area contributed by atoms with Gasteiger partial charge in [-0.3, -0.25) is 9.59 Å². The summed E-state index contributed by atoms with van der Waals surface area (Å²) in [6.07, 6.45) is 4.72. The molecule has 0 saturated heterocycles. The van der Waals surface area contributed by atoms with Crippen molar-refractivity contribution in [1.29, 1.82) is 0 Å². The Morgan fingerprint density at radius 3 is 2.27 bits per heavy atom. The van der Waals surface area contributed by atoms with Crippen LogP contribution in [-0.2, 0) is 14.3 Å². The number of aliphatic hydroxyl groups is 1. The van der Waals surface area contributed by atoms with Gasteiger partial charge in [0, 0.05) is 12.1 Å². The van der Waals surface area contributed by atoms with Crippen LogP contribution in [0.4, 0.5) is 10.5 Å². The lowest BCUT2D eigenvalue weighted by atomic mass is 10.0. The molecule has 0 saturated carbocycles. The van der Waals surface area contributed by atoms with Gasteiger partial charge in [-0.2, -0.15) is 0 Å². The van der Waals surface area contributed by atoms with Gasteiger partial charge >= 0.3 is 6.09 Å². The molecule has 41 heavy (non-hydrogen) atoms. The molecule has 0 aliphatic rings. The molecule has 0 heterocycles. The molecule has 2 aromatic rings. The molecule has 10 heteroatoms. The van der Waals surface area contributed by atoms with E-state index in [-0.39, 0.29) is 17.9 Å². The van der Waals surface area contributed by atoms with Crippen LogP contribution in [0.3, 0.4) is 0 Å². The third-order valence-electron chi connectivity index (χ3n) is 6.47. The highest BCUT2D eigenvalue weighted by molar-refractivity contribution is 6.34. The van der Waals surface area contributed by atoms with E-state index in [4.69, 9.17) is 16.3 Å². The number of nitrogens with one attached hydrogen (secondary N) is 2. The van der Waals surface area contributed by atoms with Crippen molar-refractivity contribution in [3.05, 3.63) is 58.6 Å². The third-order valence-corrected chi connectivity index (χ3v) is 6.78. The Kier molecular flexibility index (Phi) is 13.4. The zero-order valence-electron chi connectivity index (χ0n) is 24.7. The summed E-state index contributed by atoms with van der Waals surface area (Å²) in [6, 6.07) is 8.81. The molecular formula is C31H44ClN3O6. The second-order valence-electron chi connectivity index (χ2n) is 11.1. The topological polar surface area (TPSA) is 128 Å². The number of anilines is 1. The minimum Gasteiger partial charge on any atom is -0.508 e. The van der Waals surface area contributed by atoms with Gasteiger partial charge in [0.05, 0.1) is 17.3 Å². The van der Waals surface area contributed by atoms with E-state index in [1.807, 2.05) is 0 Å². The van der Waals surface area contributed by atoms with Crippen molar-refractivity contribution in [3.8, 4) is 5.75 Å². The molecule has 0 aliphatic carbocycles. The molecule has 9 nitrogen and oxygen atoms in total. The molecule has 2 aromatic carbocycles. The second kappa shape index (κ2) is 16.2. The van der Waals surface area contributed by atoms with Crippen molar-refractivity contribution in [2.45, 2.75) is 90.8 Å². The van der Waals surface area contributed by atoms with Gasteiger partial charge < -0.3 is 30.5 Å². The summed E-state index contributed by atoms with van der Waals surface area (Å²) in [5.74, 6) is -1.47. The summed E-state index contributed by atoms with van der Waals surface area (Å²) in [4.78, 5) is 41.7. The fourth-order valence-corrected chi connectivity index (χ4v) is 4.68. The maximum atomic E-state index is 14.0. The summed E-state index contributed by atoms with van der Waals surface area (Å²) in [5, 5.41) is 26.5. The molecule has 2 rings (SSSR count). The Hall–Kier alpha value is -3.30. The number of rotatable bonds is 14. The Bertz CT molecular complexity index is 1150. The van der Waals surface area contributed by atoms with Gasteiger partial charge in [0.25, 0.3) is 5.91 Å². The number of hydrogen-bond acceptors (Lipinski definition) is 6. The van der Waals surface area contributed by atoms with Gasteiger partial charge in [0.1, 0.15) is 23.4 Å². The van der Waals surface area contributed by atoms with Crippen molar-refractivity contribution in [2.75, 3.05) is 18.5 Å². The highest BCUT2D eigenvalue weighted by Crippen LogP contribution is 2.33. The van der Waals surface area contributed by atoms with Crippen LogP contribution in [0.25, 0.3) is 0 Å². The Labute approximate surface area is 248 Å². The Morgan fingerprint density at radius 2 is 1.66 bits per heavy atom. The van der Waals surface area contributed by atoms with Crippen LogP contribution in [-0.4, -0.2) is 57.8 Å². The lowest BCUT2D eigenvalue weighted by molar-refractivity contribution is -0.141. The first-order valence-electron chi connectivity index (χ1n) is 14.1. The van der Waals surface area contributed by atoms with E-state index < -0.39 is 42.2 Å². The van der Waals surface area contributed by atoms with Crippen LogP contribution in [0.5, 0.6) is 5.75 Å². The van der Waals surface area contributed by atoms with E-state index >= 15 is 0 Å². The number of phenolic OH excluding ortho intramolecular Hbond substituents is 1. The number of hydrogen-bond donors (Lipinski definition) is 4. The lowest BCUT2D eigenvalue weighted by Crippen LogP contribution is -2.54. The molecule has 226 valence electrons. The number of para-hydroxylation sites is 2. The SMILES string of the molecule is CCCCCCCCN(C(=O)C(CO)NC(=O)OC(C)(C)C)C(C(=O)Nc1c(C)cccc1Cl)c1ccccc1O. The predicted molar refractivity (Wildman–Crippen MR) is 161 cm³/mol. The quantitative estimate of drug-likeness (QED) is 0.197. The number of nitrogens with zero attached hydrogens (tertiary/aromatic N) is 1. The van der Waals surface area contributed by atoms with Crippen LogP contribution in [0.1, 0.15) is 83.4 Å². The van der Waals surface area contributed by atoms with Gasteiger partial charge in [-0.05, 0) is 51.8 Å². The van der Waals surface area contributed by atoms with E-state index in [1.54, 1.807) is 64.1 Å². The normalized spacial score (nSPS) is 12.8. The maximum Gasteiger partial charge on any atom is 0.408 e. The number of aliphatic hydroxyl groups excluding tert-OH is 1. The fraction of sp³-hybridized carbons (Fsp3) is 0.516. The average Bonchev–Trinajstić information content (AvgIpc) is 2.90. The van der Waals surface area contributed by atoms with Crippen molar-refractivity contribution in [1.82, 2.24) is 10.2 Å². The second-order valence-corrected chi connectivity index (χ2v) is 11.5. The Morgan fingerprint density at radius 1 is 1.00 bits per heavy atom. The number of unbranched alkanes of at least 4 members (excludes halogenated alkanes) is 5. The monoisotopic (exact) mass is 589 g/mol. The highest BCUT2D eigenvalue weighted by atomic mass is 35.5. The van der Waals surface area contributed by atoms with E-state index in [1.165, 1.54) is 11.0 Å². The first-order valence-corrected chi connectivity index (χ1v) is 14.5. The van der Waals surface area contributed by atoms with Crippen LogP contribution in [0.15, 0.2) is 42.5 Å². The first kappa shape index (κ1) is 33.9. The van der Waals surface area contributed by atoms with Crippen LogP contribution in [0, 0.1) is 6.92 Å². The molecule has 2 unspecified atom stereocenters. The van der Waals surface area contributed by atoms with E-state index in [2.05, 4.69) is 17.6 Å². The average molecular weight is 590 g/mol. The maximum absolute atomic E-state index is 14.0. The standard InChI is InChI=1S/C31H44ClN3O6/c1-6-7-8-9-10-13-19-35(29(39)24(20-36)33-30(40)41-31(3,4)5)27(22-16-11-12-18-25(22)37)28(38)34-26-21(2)15-14-17-23(26)32/h11-12,14-18,24,27,36-37H,6-10,13,19-20H2,1-5H3,(H,33,40)(H,34,38). The zero-order valence-corrected chi connectivity index (χ0v) is 25.5. The van der Waals surface area contributed by atoms with Gasteiger partial charge in [0.15, 0.2) is 0 Å². The molecule has 2 atom stereocenters. The Balaban J connectivity index is 2.50. The number of carbonyl (C=O) groups is 3. The van der Waals surface area contributed by atoms with Crippen LogP contribution in [0.2, 0.25) is 5.02 Å². The number of alkyl carbamates (subject to hydrolysis) is 1. The van der Waals surface area contributed by atoms with Crippen molar-refractivity contribution >= 4 is 35.2 Å². The number of aromatic hydroxyl groups is 1. The lowest BCUT2D eigenvalue weighted by Gasteiger charge is -2.34. The van der Waals surface area contributed by atoms with E-state index in [9.17, 15) is 24.6 Å². The molecule has 0 bridgehead atoms. The zero-order chi connectivity index (χ0) is 30.6. The number of benzene rings is 2. The number of aryl methyl sites for hydroxylation is 1. The molecule has 0 fully saturated rings. The molecule has 0 aromatic heterocycles. The van der Waals surface area contributed by atoms with Crippen LogP contribution >= 0.6 is 11.6 Å². The number of halogens is 1. The largest absolute Gasteiger partial charge is 0.508 e. The number of ether oxygens (including phenoxy) is 1. The van der Waals surface area contributed by atoms with E-state index in [0.29, 0.717) is 17.1 Å². The van der Waals surface area contributed by atoms with Crippen molar-refractivity contribution in [3.63, 3.8) is 0 Å². The van der Waals surface area contributed by atoms with Gasteiger partial charge in [-0.1, -0.05) is 81.0 Å². The minimum atomic E-state index is -1.38. The molecule has 0 aliphatic heterocycles. The number of carbonyl (C=O) groups excluding carboxylic acids is 3. The molecule has 4 N–H and O–H groups in total. The smallest absolute Gasteiger partial charge is 0.408 e. The summed E-state index contributed by atoms with van der Waals surface area (Å²) >= 11 is 6.39. The van der Waals surface area contributed by atoms with Crippen molar-refractivity contribution in [2.24, 2.45) is 0 Å². The van der Waals surface area contributed by atoms with Gasteiger partial charge in [-0.25, -0.2) is 4.79 Å². The van der Waals surface area contributed by atoms with E-state index in [0.717, 1.165) is 37.7 Å². The summed E-state index contributed by atoms with van der Waals surface area (Å²) in [7, 11) is 0. The first-order chi connectivity index (χ1) is 19.4. The number of phenols is 1. The fourth-order valence-electron chi connectivity index (χ4n) is 4.42.